The van der Waals surface area contributed by atoms with Crippen molar-refractivity contribution < 1.29 is 9.05 Å². The zero-order chi connectivity index (χ0) is 7.98. The van der Waals surface area contributed by atoms with Gasteiger partial charge in [0.25, 0.3) is 0 Å². The van der Waals surface area contributed by atoms with Crippen molar-refractivity contribution in [2.24, 2.45) is 0 Å². The number of hydrogen-bond acceptors (Lipinski definition) is 2. The van der Waals surface area contributed by atoms with Crippen molar-refractivity contribution in [1.82, 2.24) is 4.89 Å². The zero-order valence-electron chi connectivity index (χ0n) is 6.09. The van der Waals surface area contributed by atoms with Gasteiger partial charge in [0.15, 0.2) is 0 Å². The molecule has 0 saturated heterocycles. The zero-order valence-corrected chi connectivity index (χ0v) is 6.90. The van der Waals surface area contributed by atoms with Crippen LogP contribution in [0.2, 0.25) is 0 Å². The topological polar surface area (TPSA) is 38.3 Å². The van der Waals surface area contributed by atoms with Crippen LogP contribution in [0.1, 0.15) is 13.8 Å². The van der Waals surface area contributed by atoms with Crippen LogP contribution in [-0.4, -0.2) is 16.1 Å². The maximum Gasteiger partial charge on any atom is 0.130 e. The molecule has 1 atom stereocenters. The number of rotatable bonds is 4. The molecule has 0 aliphatic rings. The van der Waals surface area contributed by atoms with E-state index in [0.717, 1.165) is 0 Å². The summed E-state index contributed by atoms with van der Waals surface area (Å²) in [6.45, 7) is 3.78. The number of terminal acetylenes is 1. The second-order valence-electron chi connectivity index (χ2n) is 1.92. The van der Waals surface area contributed by atoms with Gasteiger partial charge in [-0.2, -0.15) is 0 Å². The summed E-state index contributed by atoms with van der Waals surface area (Å²) in [6.07, 6.45) is 4.88. The SMILES string of the molecule is C#CCONS(=O)C(C)C. The van der Waals surface area contributed by atoms with Crippen LogP contribution < -0.4 is 4.89 Å². The highest BCUT2D eigenvalue weighted by Gasteiger charge is 2.02. The molecule has 0 aliphatic heterocycles. The first-order chi connectivity index (χ1) is 4.68. The Hall–Kier alpha value is -0.370. The van der Waals surface area contributed by atoms with Gasteiger partial charge in [-0.05, 0) is 13.8 Å². The van der Waals surface area contributed by atoms with Crippen molar-refractivity contribution in [1.29, 1.82) is 0 Å². The van der Waals surface area contributed by atoms with Gasteiger partial charge >= 0.3 is 0 Å². The molecule has 0 radical (unpaired) electrons. The Kier molecular flexibility index (Phi) is 5.22. The van der Waals surface area contributed by atoms with Crippen LogP contribution in [0.4, 0.5) is 0 Å². The van der Waals surface area contributed by atoms with Gasteiger partial charge in [-0.25, -0.2) is 4.21 Å². The van der Waals surface area contributed by atoms with Crippen LogP contribution in [0.3, 0.4) is 0 Å². The molecular weight excluding hydrogens is 150 g/mol. The number of nitrogens with one attached hydrogen (secondary N) is 1. The molecule has 0 aromatic carbocycles. The molecule has 0 fully saturated rings. The second kappa shape index (κ2) is 5.42. The minimum Gasteiger partial charge on any atom is -0.276 e. The third-order valence-corrected chi connectivity index (χ3v) is 1.86. The van der Waals surface area contributed by atoms with Gasteiger partial charge in [-0.1, -0.05) is 5.92 Å². The summed E-state index contributed by atoms with van der Waals surface area (Å²) in [5, 5.41) is 0.0396. The summed E-state index contributed by atoms with van der Waals surface area (Å²) >= 11 is 0. The van der Waals surface area contributed by atoms with Crippen molar-refractivity contribution >= 4 is 11.0 Å². The predicted octanol–water partition coefficient (Wildman–Crippen LogP) is 0.213. The van der Waals surface area contributed by atoms with Gasteiger partial charge in [0.2, 0.25) is 0 Å². The molecule has 10 heavy (non-hydrogen) atoms. The van der Waals surface area contributed by atoms with E-state index in [1.165, 1.54) is 0 Å². The molecule has 0 rings (SSSR count). The van der Waals surface area contributed by atoms with E-state index >= 15 is 0 Å². The molecule has 0 bridgehead atoms. The molecule has 0 aliphatic carbocycles. The van der Waals surface area contributed by atoms with Crippen molar-refractivity contribution in [2.75, 3.05) is 6.61 Å². The lowest BCUT2D eigenvalue weighted by atomic mass is 10.6. The summed E-state index contributed by atoms with van der Waals surface area (Å²) < 4.78 is 10.8. The molecule has 3 nitrogen and oxygen atoms in total. The molecule has 58 valence electrons. The van der Waals surface area contributed by atoms with Crippen molar-refractivity contribution in [2.45, 2.75) is 19.1 Å². The van der Waals surface area contributed by atoms with Gasteiger partial charge in [-0.3, -0.25) is 4.84 Å². The van der Waals surface area contributed by atoms with E-state index in [-0.39, 0.29) is 11.9 Å². The standard InChI is InChI=1S/C6H11NO2S/c1-4-5-9-7-10(8)6(2)3/h1,6-7H,5H2,2-3H3. The van der Waals surface area contributed by atoms with Gasteiger partial charge in [0, 0.05) is 5.25 Å². The minimum atomic E-state index is -1.14. The third-order valence-electron chi connectivity index (χ3n) is 0.725. The predicted molar refractivity (Wildman–Crippen MR) is 41.2 cm³/mol. The van der Waals surface area contributed by atoms with Crippen molar-refractivity contribution in [3.63, 3.8) is 0 Å². The van der Waals surface area contributed by atoms with Crippen LogP contribution in [0.5, 0.6) is 0 Å². The Labute approximate surface area is 63.7 Å². The van der Waals surface area contributed by atoms with E-state index in [1.807, 2.05) is 13.8 Å². The largest absolute Gasteiger partial charge is 0.276 e. The molecule has 0 heterocycles. The van der Waals surface area contributed by atoms with E-state index in [2.05, 4.69) is 15.6 Å². The summed E-state index contributed by atoms with van der Waals surface area (Å²) in [7, 11) is -1.14. The van der Waals surface area contributed by atoms with E-state index in [1.54, 1.807) is 0 Å². The summed E-state index contributed by atoms with van der Waals surface area (Å²) in [6, 6.07) is 0. The summed E-state index contributed by atoms with van der Waals surface area (Å²) in [4.78, 5) is 6.93. The number of hydrogen-bond donors (Lipinski definition) is 1. The highest BCUT2D eigenvalue weighted by atomic mass is 32.2. The Balaban J connectivity index is 3.33. The first-order valence-electron chi connectivity index (χ1n) is 2.90. The second-order valence-corrected chi connectivity index (χ2v) is 3.63. The highest BCUT2D eigenvalue weighted by molar-refractivity contribution is 7.83. The first kappa shape index (κ1) is 9.63. The minimum absolute atomic E-state index is 0.0396. The maximum atomic E-state index is 10.8. The Morgan fingerprint density at radius 1 is 1.80 bits per heavy atom. The monoisotopic (exact) mass is 161 g/mol. The van der Waals surface area contributed by atoms with Crippen LogP contribution in [0.15, 0.2) is 0 Å². The molecule has 0 amide bonds. The van der Waals surface area contributed by atoms with Crippen molar-refractivity contribution in [3.8, 4) is 12.3 Å². The summed E-state index contributed by atoms with van der Waals surface area (Å²) in [5.74, 6) is 2.24. The molecule has 4 heteroatoms. The highest BCUT2D eigenvalue weighted by Crippen LogP contribution is 1.88. The van der Waals surface area contributed by atoms with E-state index in [9.17, 15) is 4.21 Å². The average Bonchev–Trinajstić information content (AvgIpc) is 1.88. The van der Waals surface area contributed by atoms with Gasteiger partial charge < -0.3 is 0 Å². The van der Waals surface area contributed by atoms with Crippen LogP contribution in [0, 0.1) is 12.3 Å². The average molecular weight is 161 g/mol. The molecule has 1 unspecified atom stereocenters. The fourth-order valence-corrected chi connectivity index (χ4v) is 0.593. The van der Waals surface area contributed by atoms with E-state index in [0.29, 0.717) is 0 Å². The Morgan fingerprint density at radius 3 is 2.80 bits per heavy atom. The van der Waals surface area contributed by atoms with Gasteiger partial charge in [-0.15, -0.1) is 11.3 Å². The fraction of sp³-hybridized carbons (Fsp3) is 0.667. The normalized spacial score (nSPS) is 13.0. The van der Waals surface area contributed by atoms with Crippen molar-refractivity contribution in [3.05, 3.63) is 0 Å². The lowest BCUT2D eigenvalue weighted by molar-refractivity contribution is 0.128. The first-order valence-corrected chi connectivity index (χ1v) is 4.11. The maximum absolute atomic E-state index is 10.8. The van der Waals surface area contributed by atoms with E-state index in [4.69, 9.17) is 6.42 Å². The van der Waals surface area contributed by atoms with Crippen LogP contribution in [0.25, 0.3) is 0 Å². The Morgan fingerprint density at radius 2 is 2.40 bits per heavy atom. The summed E-state index contributed by atoms with van der Waals surface area (Å²) in [5.41, 5.74) is 0. The third kappa shape index (κ3) is 4.50. The van der Waals surface area contributed by atoms with E-state index < -0.39 is 11.0 Å². The lowest BCUT2D eigenvalue weighted by Gasteiger charge is -2.04. The molecule has 0 spiro atoms. The molecular formula is C6H11NO2S. The Bertz CT molecular complexity index is 150. The lowest BCUT2D eigenvalue weighted by Crippen LogP contribution is -2.24. The molecule has 1 N–H and O–H groups in total. The quantitative estimate of drug-likeness (QED) is 0.364. The van der Waals surface area contributed by atoms with Gasteiger partial charge in [0.1, 0.15) is 17.6 Å². The molecule has 0 aromatic heterocycles. The van der Waals surface area contributed by atoms with Crippen LogP contribution in [-0.2, 0) is 15.8 Å². The fourth-order valence-electron chi connectivity index (χ4n) is 0.225. The smallest absolute Gasteiger partial charge is 0.130 e. The van der Waals surface area contributed by atoms with Crippen LogP contribution >= 0.6 is 0 Å². The molecule has 0 aromatic rings. The van der Waals surface area contributed by atoms with Gasteiger partial charge in [0.05, 0.1) is 0 Å². The molecule has 0 saturated carbocycles.